The predicted octanol–water partition coefficient (Wildman–Crippen LogP) is 4.64. The summed E-state index contributed by atoms with van der Waals surface area (Å²) in [6.07, 6.45) is 0. The van der Waals surface area contributed by atoms with Gasteiger partial charge < -0.3 is 15.7 Å². The van der Waals surface area contributed by atoms with Crippen LogP contribution in [-0.4, -0.2) is 27.7 Å². The van der Waals surface area contributed by atoms with Crippen molar-refractivity contribution >= 4 is 29.1 Å². The maximum Gasteiger partial charge on any atom is 0.225 e. The molecule has 5 nitrogen and oxygen atoms in total. The fourth-order valence-electron chi connectivity index (χ4n) is 2.47. The average Bonchev–Trinajstić information content (AvgIpc) is 2.65. The van der Waals surface area contributed by atoms with Crippen LogP contribution in [-0.2, 0) is 0 Å². The van der Waals surface area contributed by atoms with E-state index in [1.54, 1.807) is 0 Å². The molecule has 0 unspecified atom stereocenters. The lowest BCUT2D eigenvalue weighted by atomic mass is 10.1. The van der Waals surface area contributed by atoms with E-state index in [1.165, 1.54) is 0 Å². The van der Waals surface area contributed by atoms with Crippen molar-refractivity contribution in [3.63, 3.8) is 0 Å². The molecule has 1 atom stereocenters. The molecule has 3 N–H and O–H groups in total. The third-order valence-electron chi connectivity index (χ3n) is 3.88. The maximum atomic E-state index is 9.30. The highest BCUT2D eigenvalue weighted by molar-refractivity contribution is 6.31. The van der Waals surface area contributed by atoms with Gasteiger partial charge in [-0.2, -0.15) is 4.98 Å². The van der Waals surface area contributed by atoms with E-state index in [2.05, 4.69) is 20.6 Å². The van der Waals surface area contributed by atoms with Crippen molar-refractivity contribution in [3.8, 4) is 11.3 Å². The topological polar surface area (TPSA) is 70.1 Å². The van der Waals surface area contributed by atoms with Crippen molar-refractivity contribution in [2.24, 2.45) is 0 Å². The second-order valence-electron chi connectivity index (χ2n) is 6.14. The molecule has 0 saturated heterocycles. The van der Waals surface area contributed by atoms with Gasteiger partial charge in [0.2, 0.25) is 5.95 Å². The minimum atomic E-state index is -0.147. The van der Waals surface area contributed by atoms with Gasteiger partial charge >= 0.3 is 0 Å². The van der Waals surface area contributed by atoms with Crippen LogP contribution in [0.2, 0.25) is 5.02 Å². The van der Waals surface area contributed by atoms with E-state index in [1.807, 2.05) is 68.4 Å². The molecule has 3 aromatic rings. The Hall–Kier alpha value is -2.63. The number of aryl methyl sites for hydroxylation is 1. The summed E-state index contributed by atoms with van der Waals surface area (Å²) in [5.74, 6) is 1.12. The van der Waals surface area contributed by atoms with Crippen LogP contribution < -0.4 is 10.6 Å². The largest absolute Gasteiger partial charge is 0.394 e. The van der Waals surface area contributed by atoms with E-state index < -0.39 is 0 Å². The van der Waals surface area contributed by atoms with Crippen LogP contribution in [0.1, 0.15) is 12.5 Å². The highest BCUT2D eigenvalue weighted by Gasteiger charge is 2.10. The van der Waals surface area contributed by atoms with Crippen LogP contribution in [0, 0.1) is 6.92 Å². The zero-order valence-electron chi connectivity index (χ0n) is 14.7. The lowest BCUT2D eigenvalue weighted by molar-refractivity contribution is 0.281. The number of aliphatic hydroxyl groups is 1. The molecule has 0 radical (unpaired) electrons. The van der Waals surface area contributed by atoms with E-state index in [0.717, 1.165) is 27.5 Å². The van der Waals surface area contributed by atoms with E-state index in [-0.39, 0.29) is 12.6 Å². The number of rotatable bonds is 6. The molecule has 3 rings (SSSR count). The van der Waals surface area contributed by atoms with Gasteiger partial charge in [-0.05, 0) is 37.6 Å². The Balaban J connectivity index is 1.97. The first-order valence-corrected chi connectivity index (χ1v) is 8.78. The van der Waals surface area contributed by atoms with Gasteiger partial charge in [0, 0.05) is 28.4 Å². The van der Waals surface area contributed by atoms with E-state index in [0.29, 0.717) is 11.8 Å². The van der Waals surface area contributed by atoms with Crippen molar-refractivity contribution in [2.45, 2.75) is 19.9 Å². The zero-order valence-corrected chi connectivity index (χ0v) is 15.5. The lowest BCUT2D eigenvalue weighted by Crippen LogP contribution is -2.21. The number of hydrogen-bond acceptors (Lipinski definition) is 5. The van der Waals surface area contributed by atoms with Crippen molar-refractivity contribution in [1.82, 2.24) is 9.97 Å². The summed E-state index contributed by atoms with van der Waals surface area (Å²) in [6.45, 7) is 3.82. The van der Waals surface area contributed by atoms with Crippen molar-refractivity contribution in [1.29, 1.82) is 0 Å². The fourth-order valence-corrected chi connectivity index (χ4v) is 2.59. The molecule has 0 saturated carbocycles. The Morgan fingerprint density at radius 3 is 2.54 bits per heavy atom. The Bertz CT molecular complexity index is 886. The highest BCUT2D eigenvalue weighted by Crippen LogP contribution is 2.25. The third kappa shape index (κ3) is 4.50. The molecule has 2 aromatic carbocycles. The number of aliphatic hydroxyl groups excluding tert-OH is 1. The minimum Gasteiger partial charge on any atom is -0.394 e. The van der Waals surface area contributed by atoms with Crippen LogP contribution in [0.25, 0.3) is 11.3 Å². The fraction of sp³-hybridized carbons (Fsp3) is 0.200. The van der Waals surface area contributed by atoms with Gasteiger partial charge in [0.15, 0.2) is 0 Å². The SMILES string of the molecule is Cc1cc(Nc2cc(-c3ccccc3)nc(N[C@@H](C)CO)n2)ccc1Cl. The van der Waals surface area contributed by atoms with E-state index >= 15 is 0 Å². The van der Waals surface area contributed by atoms with Gasteiger partial charge in [-0.15, -0.1) is 0 Å². The molecular formula is C20H21ClN4O. The Morgan fingerprint density at radius 2 is 1.85 bits per heavy atom. The molecule has 0 aliphatic rings. The zero-order chi connectivity index (χ0) is 18.5. The van der Waals surface area contributed by atoms with Gasteiger partial charge in [-0.25, -0.2) is 4.98 Å². The standard InChI is InChI=1S/C20H21ClN4O/c1-13-10-16(8-9-17(13)21)23-19-11-18(15-6-4-3-5-7-15)24-20(25-19)22-14(2)12-26/h3-11,14,26H,12H2,1-2H3,(H2,22,23,24,25)/t14-/m0/s1. The molecule has 134 valence electrons. The summed E-state index contributed by atoms with van der Waals surface area (Å²) < 4.78 is 0. The van der Waals surface area contributed by atoms with Crippen LogP contribution in [0.15, 0.2) is 54.6 Å². The molecule has 6 heteroatoms. The first kappa shape index (κ1) is 18.2. The monoisotopic (exact) mass is 368 g/mol. The molecule has 1 heterocycles. The molecular weight excluding hydrogens is 348 g/mol. The first-order chi connectivity index (χ1) is 12.5. The van der Waals surface area contributed by atoms with Gasteiger partial charge in [0.05, 0.1) is 12.3 Å². The van der Waals surface area contributed by atoms with Crippen LogP contribution in [0.5, 0.6) is 0 Å². The number of nitrogens with zero attached hydrogens (tertiary/aromatic N) is 2. The van der Waals surface area contributed by atoms with Gasteiger partial charge in [0.1, 0.15) is 5.82 Å². The van der Waals surface area contributed by atoms with Crippen LogP contribution >= 0.6 is 11.6 Å². The molecule has 0 amide bonds. The van der Waals surface area contributed by atoms with Gasteiger partial charge in [0.25, 0.3) is 0 Å². The predicted molar refractivity (Wildman–Crippen MR) is 107 cm³/mol. The maximum absolute atomic E-state index is 9.30. The van der Waals surface area contributed by atoms with Crippen molar-refractivity contribution in [2.75, 3.05) is 17.2 Å². The normalized spacial score (nSPS) is 11.8. The summed E-state index contributed by atoms with van der Waals surface area (Å²) >= 11 is 6.10. The lowest BCUT2D eigenvalue weighted by Gasteiger charge is -2.14. The number of benzene rings is 2. The van der Waals surface area contributed by atoms with Gasteiger partial charge in [-0.1, -0.05) is 41.9 Å². The number of halogens is 1. The number of aromatic nitrogens is 2. The molecule has 26 heavy (non-hydrogen) atoms. The third-order valence-corrected chi connectivity index (χ3v) is 4.30. The summed E-state index contributed by atoms with van der Waals surface area (Å²) in [6, 6.07) is 17.4. The second kappa shape index (κ2) is 8.17. The van der Waals surface area contributed by atoms with Gasteiger partial charge in [-0.3, -0.25) is 0 Å². The average molecular weight is 369 g/mol. The number of anilines is 3. The Kier molecular flexibility index (Phi) is 5.71. The smallest absolute Gasteiger partial charge is 0.225 e. The number of nitrogens with one attached hydrogen (secondary N) is 2. The summed E-state index contributed by atoms with van der Waals surface area (Å²) in [5, 5.41) is 16.4. The molecule has 0 fully saturated rings. The first-order valence-electron chi connectivity index (χ1n) is 8.40. The van der Waals surface area contributed by atoms with Crippen molar-refractivity contribution < 1.29 is 5.11 Å². The summed E-state index contributed by atoms with van der Waals surface area (Å²) in [5.41, 5.74) is 3.67. The minimum absolute atomic E-state index is 0.00192. The van der Waals surface area contributed by atoms with E-state index in [4.69, 9.17) is 11.6 Å². The summed E-state index contributed by atoms with van der Waals surface area (Å²) in [7, 11) is 0. The van der Waals surface area contributed by atoms with E-state index in [9.17, 15) is 5.11 Å². The molecule has 1 aromatic heterocycles. The Labute approximate surface area is 158 Å². The van der Waals surface area contributed by atoms with Crippen LogP contribution in [0.3, 0.4) is 0 Å². The van der Waals surface area contributed by atoms with Crippen molar-refractivity contribution in [3.05, 3.63) is 65.2 Å². The molecule has 0 spiro atoms. The molecule has 0 aliphatic carbocycles. The number of hydrogen-bond donors (Lipinski definition) is 3. The second-order valence-corrected chi connectivity index (χ2v) is 6.55. The highest BCUT2D eigenvalue weighted by atomic mass is 35.5. The molecule has 0 aliphatic heterocycles. The Morgan fingerprint density at radius 1 is 1.08 bits per heavy atom. The quantitative estimate of drug-likeness (QED) is 0.591. The molecule has 0 bridgehead atoms. The summed E-state index contributed by atoms with van der Waals surface area (Å²) in [4.78, 5) is 9.09. The van der Waals surface area contributed by atoms with Crippen LogP contribution in [0.4, 0.5) is 17.5 Å².